The van der Waals surface area contributed by atoms with Crippen LogP contribution in [0.4, 0.5) is 26.3 Å². The number of rotatable bonds is 4. The summed E-state index contributed by atoms with van der Waals surface area (Å²) in [5.41, 5.74) is 0.106. The van der Waals surface area contributed by atoms with Gasteiger partial charge in [-0.3, -0.25) is 0 Å². The summed E-state index contributed by atoms with van der Waals surface area (Å²) in [5.74, 6) is -2.08. The Morgan fingerprint density at radius 2 is 1.92 bits per heavy atom. The van der Waals surface area contributed by atoms with Gasteiger partial charge in [0.15, 0.2) is 5.37 Å². The summed E-state index contributed by atoms with van der Waals surface area (Å²) in [6.07, 6.45) is -8.81. The van der Waals surface area contributed by atoms with Gasteiger partial charge >= 0.3 is 18.5 Å². The van der Waals surface area contributed by atoms with Gasteiger partial charge in [-0.05, 0) is 17.7 Å². The number of carboxylic acids is 1. The Labute approximate surface area is 135 Å². The lowest BCUT2D eigenvalue weighted by atomic mass is 10.2. The lowest BCUT2D eigenvalue weighted by Crippen LogP contribution is -2.37. The second-order valence-corrected chi connectivity index (χ2v) is 5.80. The fraction of sp³-hybridized carbons (Fsp3) is 0.308. The van der Waals surface area contributed by atoms with E-state index in [-0.39, 0.29) is 17.3 Å². The van der Waals surface area contributed by atoms with Crippen LogP contribution in [0.2, 0.25) is 0 Å². The van der Waals surface area contributed by atoms with Crippen molar-refractivity contribution in [1.82, 2.24) is 4.90 Å². The number of aliphatic carboxylic acids is 1. The van der Waals surface area contributed by atoms with Crippen LogP contribution < -0.4 is 4.74 Å². The lowest BCUT2D eigenvalue weighted by Gasteiger charge is -2.26. The molecule has 0 bridgehead atoms. The molecule has 0 radical (unpaired) electrons. The van der Waals surface area contributed by atoms with Gasteiger partial charge in [-0.25, -0.2) is 4.79 Å². The molecule has 2 rings (SSSR count). The predicted molar refractivity (Wildman–Crippen MR) is 71.8 cm³/mol. The van der Waals surface area contributed by atoms with E-state index in [1.807, 2.05) is 0 Å². The van der Waals surface area contributed by atoms with Gasteiger partial charge < -0.3 is 14.7 Å². The molecule has 0 fully saturated rings. The molecule has 0 saturated heterocycles. The minimum absolute atomic E-state index is 0.106. The van der Waals surface area contributed by atoms with Gasteiger partial charge in [-0.1, -0.05) is 23.9 Å². The summed E-state index contributed by atoms with van der Waals surface area (Å²) in [6.45, 7) is -0.428. The molecule has 0 saturated carbocycles. The summed E-state index contributed by atoms with van der Waals surface area (Å²) in [6, 6.07) is 4.46. The molecule has 0 aromatic heterocycles. The Bertz CT molecular complexity index is 658. The number of benzene rings is 1. The molecule has 4 nitrogen and oxygen atoms in total. The Hall–Kier alpha value is -2.04. The monoisotopic (exact) mass is 373 g/mol. The van der Waals surface area contributed by atoms with Crippen molar-refractivity contribution in [3.63, 3.8) is 0 Å². The summed E-state index contributed by atoms with van der Waals surface area (Å²) in [5, 5.41) is 6.70. The first-order valence-electron chi connectivity index (χ1n) is 6.24. The molecule has 1 heterocycles. The van der Waals surface area contributed by atoms with E-state index < -0.39 is 41.1 Å². The Kier molecular flexibility index (Phi) is 4.92. The minimum atomic E-state index is -4.92. The minimum Gasteiger partial charge on any atom is -0.477 e. The van der Waals surface area contributed by atoms with Gasteiger partial charge in [0, 0.05) is 12.7 Å². The smallest absolute Gasteiger partial charge is 0.477 e. The average molecular weight is 373 g/mol. The molecule has 24 heavy (non-hydrogen) atoms. The van der Waals surface area contributed by atoms with Crippen LogP contribution in [0.15, 0.2) is 35.4 Å². The number of nitrogens with zero attached hydrogens (tertiary/aromatic N) is 1. The maximum atomic E-state index is 13.0. The van der Waals surface area contributed by atoms with E-state index in [0.717, 1.165) is 18.3 Å². The fourth-order valence-electron chi connectivity index (χ4n) is 1.98. The van der Waals surface area contributed by atoms with Crippen molar-refractivity contribution in [2.45, 2.75) is 24.5 Å². The summed E-state index contributed by atoms with van der Waals surface area (Å²) < 4.78 is 79.2. The topological polar surface area (TPSA) is 49.8 Å². The predicted octanol–water partition coefficient (Wildman–Crippen LogP) is 3.95. The van der Waals surface area contributed by atoms with E-state index in [0.29, 0.717) is 4.90 Å². The SMILES string of the molecule is O=C(O)C1=CN(Cc2cccc(OC(F)(F)F)c2)C(C(F)(F)F)S1. The number of hydrogen-bond acceptors (Lipinski definition) is 4. The van der Waals surface area contributed by atoms with Gasteiger partial charge in [0.05, 0.1) is 0 Å². The van der Waals surface area contributed by atoms with Gasteiger partial charge in [0.25, 0.3) is 0 Å². The fourth-order valence-corrected chi connectivity index (χ4v) is 2.92. The number of thioether (sulfide) groups is 1. The molecular weight excluding hydrogens is 364 g/mol. The largest absolute Gasteiger partial charge is 0.573 e. The Morgan fingerprint density at radius 1 is 1.25 bits per heavy atom. The second-order valence-electron chi connectivity index (χ2n) is 4.68. The normalized spacial score (nSPS) is 18.5. The van der Waals surface area contributed by atoms with Crippen molar-refractivity contribution >= 4 is 17.7 Å². The molecule has 0 spiro atoms. The zero-order chi connectivity index (χ0) is 18.1. The van der Waals surface area contributed by atoms with E-state index in [4.69, 9.17) is 5.11 Å². The van der Waals surface area contributed by atoms with E-state index in [9.17, 15) is 31.1 Å². The van der Waals surface area contributed by atoms with E-state index in [1.54, 1.807) is 0 Å². The summed E-state index contributed by atoms with van der Waals surface area (Å²) in [7, 11) is 0. The van der Waals surface area contributed by atoms with E-state index in [1.165, 1.54) is 12.1 Å². The van der Waals surface area contributed by atoms with E-state index in [2.05, 4.69) is 4.74 Å². The van der Waals surface area contributed by atoms with Crippen LogP contribution in [0.1, 0.15) is 5.56 Å². The maximum absolute atomic E-state index is 13.0. The molecular formula is C13H9F6NO3S. The molecule has 0 aliphatic carbocycles. The first-order valence-corrected chi connectivity index (χ1v) is 7.12. The van der Waals surface area contributed by atoms with Crippen molar-refractivity contribution in [3.05, 3.63) is 40.9 Å². The third kappa shape index (κ3) is 4.73. The zero-order valence-corrected chi connectivity index (χ0v) is 12.4. The highest BCUT2D eigenvalue weighted by molar-refractivity contribution is 8.04. The Morgan fingerprint density at radius 3 is 2.46 bits per heavy atom. The third-order valence-electron chi connectivity index (χ3n) is 2.81. The molecule has 1 aliphatic rings. The first-order chi connectivity index (χ1) is 11.0. The highest BCUT2D eigenvalue weighted by Crippen LogP contribution is 2.43. The number of hydrogen-bond donors (Lipinski definition) is 1. The number of alkyl halides is 6. The number of carbonyl (C=O) groups is 1. The lowest BCUT2D eigenvalue weighted by molar-refractivity contribution is -0.274. The molecule has 132 valence electrons. The first kappa shape index (κ1) is 18.3. The molecule has 1 aliphatic heterocycles. The van der Waals surface area contributed by atoms with Crippen molar-refractivity contribution in [2.24, 2.45) is 0 Å². The van der Waals surface area contributed by atoms with Crippen LogP contribution in [0.25, 0.3) is 0 Å². The Balaban J connectivity index is 2.21. The molecule has 1 aromatic rings. The number of carboxylic acid groups (broad SMARTS) is 1. The van der Waals surface area contributed by atoms with Crippen LogP contribution in [0.5, 0.6) is 5.75 Å². The van der Waals surface area contributed by atoms with Crippen LogP contribution in [-0.4, -0.2) is 33.9 Å². The van der Waals surface area contributed by atoms with Crippen LogP contribution in [-0.2, 0) is 11.3 Å². The number of halogens is 6. The van der Waals surface area contributed by atoms with Crippen molar-refractivity contribution < 1.29 is 41.0 Å². The summed E-state index contributed by atoms with van der Waals surface area (Å²) >= 11 is 0.119. The van der Waals surface area contributed by atoms with Crippen LogP contribution in [0.3, 0.4) is 0 Å². The van der Waals surface area contributed by atoms with Gasteiger partial charge in [-0.2, -0.15) is 13.2 Å². The molecule has 0 amide bonds. The van der Waals surface area contributed by atoms with E-state index >= 15 is 0 Å². The van der Waals surface area contributed by atoms with Crippen LogP contribution >= 0.6 is 11.8 Å². The van der Waals surface area contributed by atoms with Crippen molar-refractivity contribution in [3.8, 4) is 5.75 Å². The highest BCUT2D eigenvalue weighted by atomic mass is 32.2. The second kappa shape index (κ2) is 6.46. The third-order valence-corrected chi connectivity index (χ3v) is 4.11. The number of ether oxygens (including phenoxy) is 1. The molecule has 1 unspecified atom stereocenters. The van der Waals surface area contributed by atoms with Gasteiger partial charge in [0.1, 0.15) is 10.7 Å². The maximum Gasteiger partial charge on any atom is 0.573 e. The molecule has 1 N–H and O–H groups in total. The zero-order valence-electron chi connectivity index (χ0n) is 11.6. The average Bonchev–Trinajstić information content (AvgIpc) is 2.81. The van der Waals surface area contributed by atoms with Gasteiger partial charge in [-0.15, -0.1) is 13.2 Å². The van der Waals surface area contributed by atoms with Crippen LogP contribution in [0, 0.1) is 0 Å². The molecule has 11 heteroatoms. The molecule has 1 aromatic carbocycles. The van der Waals surface area contributed by atoms with Crippen molar-refractivity contribution in [2.75, 3.05) is 0 Å². The summed E-state index contributed by atoms with van der Waals surface area (Å²) in [4.78, 5) is 11.1. The quantitative estimate of drug-likeness (QED) is 0.810. The van der Waals surface area contributed by atoms with Crippen molar-refractivity contribution in [1.29, 1.82) is 0 Å². The highest BCUT2D eigenvalue weighted by Gasteiger charge is 2.48. The van der Waals surface area contributed by atoms with Gasteiger partial charge in [0.2, 0.25) is 0 Å². The molecule has 1 atom stereocenters. The standard InChI is InChI=1S/C13H9F6NO3S/c14-12(15,16)11-20(6-9(24-11)10(21)22)5-7-2-1-3-8(4-7)23-13(17,18)19/h1-4,6,11H,5H2,(H,21,22).